The van der Waals surface area contributed by atoms with Crippen molar-refractivity contribution in [2.45, 2.75) is 24.5 Å². The average molecular weight is 526 g/mol. The summed E-state index contributed by atoms with van der Waals surface area (Å²) in [6, 6.07) is 0.363. The molecule has 0 spiro atoms. The second kappa shape index (κ2) is 8.90. The molecule has 0 heterocycles. The van der Waals surface area contributed by atoms with E-state index in [0.717, 1.165) is 0 Å². The van der Waals surface area contributed by atoms with Gasteiger partial charge in [-0.2, -0.15) is 0 Å². The van der Waals surface area contributed by atoms with Crippen molar-refractivity contribution < 1.29 is 44.7 Å². The van der Waals surface area contributed by atoms with Crippen LogP contribution in [0, 0.1) is 23.7 Å². The van der Waals surface area contributed by atoms with Gasteiger partial charge in [-0.3, -0.25) is 19.3 Å². The Morgan fingerprint density at radius 2 is 1.76 bits per heavy atom. The van der Waals surface area contributed by atoms with Crippen LogP contribution in [0.25, 0.3) is 0 Å². The Bertz CT molecular complexity index is 1440. The van der Waals surface area contributed by atoms with E-state index in [9.17, 15) is 39.6 Å². The van der Waals surface area contributed by atoms with Gasteiger partial charge in [-0.05, 0) is 44.5 Å². The minimum atomic E-state index is -2.74. The predicted molar refractivity (Wildman–Crippen MR) is 133 cm³/mol. The first kappa shape index (κ1) is 26.7. The zero-order valence-electron chi connectivity index (χ0n) is 21.1. The van der Waals surface area contributed by atoms with Crippen LogP contribution < -0.4 is 10.6 Å². The molecule has 1 aromatic carbocycles. The molecule has 0 saturated heterocycles. The van der Waals surface area contributed by atoms with E-state index < -0.39 is 69.8 Å². The van der Waals surface area contributed by atoms with Crippen LogP contribution in [0.1, 0.15) is 27.9 Å². The summed E-state index contributed by atoms with van der Waals surface area (Å²) in [5.41, 5.74) is 1.88. The molecule has 3 aliphatic carbocycles. The number of primary amides is 1. The third kappa shape index (κ3) is 3.62. The number of phenols is 1. The van der Waals surface area contributed by atoms with Crippen molar-refractivity contribution in [2.24, 2.45) is 17.6 Å². The monoisotopic (exact) mass is 525 g/mol. The summed E-state index contributed by atoms with van der Waals surface area (Å²) in [5.74, 6) is -4.85. The minimum Gasteiger partial charge on any atom is -0.510 e. The number of carboxylic acid groups (broad SMARTS) is 1. The molecule has 4 rings (SSSR count). The maximum atomic E-state index is 13.8. The number of fused-ring (bicyclic) bond motifs is 3. The molecule has 0 aromatic heterocycles. The summed E-state index contributed by atoms with van der Waals surface area (Å²) >= 11 is 0. The molecule has 200 valence electrons. The van der Waals surface area contributed by atoms with Crippen LogP contribution >= 0.6 is 0 Å². The molecule has 7 N–H and O–H groups in total. The Hall–Kier alpha value is -4.34. The molecule has 0 unspecified atom stereocenters. The van der Waals surface area contributed by atoms with Crippen molar-refractivity contribution in [1.29, 1.82) is 0 Å². The fourth-order valence-corrected chi connectivity index (χ4v) is 5.91. The SMILES string of the molecule is CN(C)c1cc(C#CC(=O)O)c(O)c2c1C[C@@H]1C[C@@H]3[C@@H](N(C)C)C(O)=C(C(N)=O)C(=O)[C@]3(O)C(O)=C1C2=O. The molecule has 4 atom stereocenters. The van der Waals surface area contributed by atoms with E-state index in [1.54, 1.807) is 33.1 Å². The van der Waals surface area contributed by atoms with Gasteiger partial charge in [0.15, 0.2) is 11.4 Å². The Balaban J connectivity index is 2.00. The number of anilines is 1. The molecule has 12 nitrogen and oxygen atoms in total. The number of nitrogens with two attached hydrogens (primary N) is 1. The highest BCUT2D eigenvalue weighted by molar-refractivity contribution is 6.25. The van der Waals surface area contributed by atoms with Gasteiger partial charge in [-0.1, -0.05) is 5.92 Å². The molecular weight excluding hydrogens is 498 g/mol. The van der Waals surface area contributed by atoms with Gasteiger partial charge in [0.1, 0.15) is 22.8 Å². The number of phenolic OH excluding ortho intramolecular Hbond substituents is 1. The summed E-state index contributed by atoms with van der Waals surface area (Å²) in [6.45, 7) is 0. The fraction of sp³-hybridized carbons (Fsp3) is 0.385. The van der Waals surface area contributed by atoms with Gasteiger partial charge in [0, 0.05) is 37.2 Å². The molecule has 0 fully saturated rings. The van der Waals surface area contributed by atoms with Crippen LogP contribution in [-0.2, 0) is 20.8 Å². The first-order valence-corrected chi connectivity index (χ1v) is 11.6. The zero-order chi connectivity index (χ0) is 28.4. The smallest absolute Gasteiger partial charge is 0.382 e. The number of amides is 1. The Kier molecular flexibility index (Phi) is 6.25. The number of aliphatic carboxylic acids is 1. The van der Waals surface area contributed by atoms with Gasteiger partial charge < -0.3 is 36.2 Å². The lowest BCUT2D eigenvalue weighted by molar-refractivity contribution is -0.148. The fourth-order valence-electron chi connectivity index (χ4n) is 5.91. The lowest BCUT2D eigenvalue weighted by Crippen LogP contribution is -2.63. The summed E-state index contributed by atoms with van der Waals surface area (Å²) in [7, 11) is 6.47. The van der Waals surface area contributed by atoms with Crippen LogP contribution in [0.4, 0.5) is 5.69 Å². The lowest BCUT2D eigenvalue weighted by Gasteiger charge is -2.50. The van der Waals surface area contributed by atoms with Crippen molar-refractivity contribution in [3.63, 3.8) is 0 Å². The summed E-state index contributed by atoms with van der Waals surface area (Å²) in [6.07, 6.45) is 0.0578. The molecule has 0 aliphatic heterocycles. The maximum Gasteiger partial charge on any atom is 0.382 e. The number of benzene rings is 1. The number of likely N-dealkylation sites (N-methyl/N-ethyl adjacent to an activating group) is 1. The number of aliphatic hydroxyl groups is 3. The first-order valence-electron chi connectivity index (χ1n) is 11.6. The zero-order valence-corrected chi connectivity index (χ0v) is 21.1. The van der Waals surface area contributed by atoms with E-state index in [4.69, 9.17) is 10.8 Å². The number of hydrogen-bond acceptors (Lipinski definition) is 10. The Labute approximate surface area is 217 Å². The van der Waals surface area contributed by atoms with Gasteiger partial charge in [-0.25, -0.2) is 4.79 Å². The van der Waals surface area contributed by atoms with Crippen LogP contribution in [0.3, 0.4) is 0 Å². The molecule has 0 radical (unpaired) electrons. The number of aromatic hydroxyl groups is 1. The second-order valence-electron chi connectivity index (χ2n) is 10.1. The number of ketones is 2. The van der Waals surface area contributed by atoms with Crippen molar-refractivity contribution in [3.8, 4) is 17.6 Å². The third-order valence-corrected chi connectivity index (χ3v) is 7.48. The van der Waals surface area contributed by atoms with Crippen molar-refractivity contribution in [2.75, 3.05) is 33.1 Å². The van der Waals surface area contributed by atoms with E-state index in [2.05, 4.69) is 5.92 Å². The summed E-state index contributed by atoms with van der Waals surface area (Å²) < 4.78 is 0. The number of aliphatic hydroxyl groups excluding tert-OH is 2. The quantitative estimate of drug-likeness (QED) is 0.222. The highest BCUT2D eigenvalue weighted by Crippen LogP contribution is 2.53. The number of nitrogens with zero attached hydrogens (tertiary/aromatic N) is 2. The van der Waals surface area contributed by atoms with Crippen molar-refractivity contribution >= 4 is 29.1 Å². The van der Waals surface area contributed by atoms with Crippen LogP contribution in [0.5, 0.6) is 5.75 Å². The van der Waals surface area contributed by atoms with E-state index in [0.29, 0.717) is 11.3 Å². The summed E-state index contributed by atoms with van der Waals surface area (Å²) in [4.78, 5) is 53.3. The van der Waals surface area contributed by atoms with E-state index in [-0.39, 0.29) is 29.5 Å². The number of Topliss-reactive ketones (excluding diaryl/α,β-unsaturated/α-hetero) is 2. The number of carbonyl (C=O) groups is 4. The van der Waals surface area contributed by atoms with Gasteiger partial charge >= 0.3 is 5.97 Å². The van der Waals surface area contributed by atoms with Gasteiger partial charge in [0.05, 0.1) is 17.2 Å². The van der Waals surface area contributed by atoms with Crippen LogP contribution in [0.15, 0.2) is 28.7 Å². The van der Waals surface area contributed by atoms with Crippen LogP contribution in [-0.4, -0.2) is 93.7 Å². The second-order valence-corrected chi connectivity index (χ2v) is 10.1. The van der Waals surface area contributed by atoms with Gasteiger partial charge in [0.2, 0.25) is 5.78 Å². The van der Waals surface area contributed by atoms with E-state index >= 15 is 0 Å². The third-order valence-electron chi connectivity index (χ3n) is 7.48. The number of rotatable bonds is 3. The molecule has 1 aromatic rings. The number of hydrogen-bond donors (Lipinski definition) is 6. The first-order chi connectivity index (χ1) is 17.6. The predicted octanol–water partition coefficient (Wildman–Crippen LogP) is -0.377. The highest BCUT2D eigenvalue weighted by atomic mass is 16.4. The summed E-state index contributed by atoms with van der Waals surface area (Å²) in [5, 5.41) is 53.7. The van der Waals surface area contributed by atoms with E-state index in [1.807, 2.05) is 5.92 Å². The highest BCUT2D eigenvalue weighted by Gasteiger charge is 2.63. The van der Waals surface area contributed by atoms with Crippen molar-refractivity contribution in [1.82, 2.24) is 4.90 Å². The molecule has 1 amide bonds. The van der Waals surface area contributed by atoms with Gasteiger partial charge in [0.25, 0.3) is 5.91 Å². The Morgan fingerprint density at radius 1 is 1.13 bits per heavy atom. The number of carbonyl (C=O) groups excluding carboxylic acids is 3. The largest absolute Gasteiger partial charge is 0.510 e. The molecule has 0 bridgehead atoms. The normalized spacial score (nSPS) is 26.3. The molecular formula is C26H27N3O9. The number of carboxylic acids is 1. The standard InChI is InChI=1S/C26H27N3O9/c1-28(2)14-9-10(5-6-15(30)31)20(32)17-12(14)7-11-8-13-19(29(3)4)22(34)18(25(27)37)24(36)26(13,38)23(35)16(11)21(17)33/h9,11,13,19,32,34-35,38H,7-8H2,1-4H3,(H2,27,37)(H,30,31)/t11-,13-,19-,26-/m1/s1. The topological polar surface area (TPSA) is 202 Å². The lowest BCUT2D eigenvalue weighted by atomic mass is 9.58. The Morgan fingerprint density at radius 3 is 2.29 bits per heavy atom. The minimum absolute atomic E-state index is 0.0417. The molecule has 3 aliphatic rings. The van der Waals surface area contributed by atoms with Crippen molar-refractivity contribution in [3.05, 3.63) is 45.4 Å². The van der Waals surface area contributed by atoms with Gasteiger partial charge in [-0.15, -0.1) is 0 Å². The molecule has 0 saturated carbocycles. The molecule has 38 heavy (non-hydrogen) atoms. The maximum absolute atomic E-state index is 13.8. The van der Waals surface area contributed by atoms with Crippen LogP contribution in [0.2, 0.25) is 0 Å². The average Bonchev–Trinajstić information content (AvgIpc) is 2.80. The molecule has 12 heteroatoms. The van der Waals surface area contributed by atoms with E-state index in [1.165, 1.54) is 11.0 Å². The number of allylic oxidation sites excluding steroid dienone is 1.